The van der Waals surface area contributed by atoms with Gasteiger partial charge in [-0.2, -0.15) is 0 Å². The highest BCUT2D eigenvalue weighted by Gasteiger charge is 2.09. The molecule has 5 heteroatoms. The molecule has 12 heavy (non-hydrogen) atoms. The predicted molar refractivity (Wildman–Crippen MR) is 45.6 cm³/mol. The van der Waals surface area contributed by atoms with Crippen molar-refractivity contribution in [1.82, 2.24) is 0 Å². The molecule has 0 aliphatic rings. The Bertz CT molecular complexity index is 288. The molecule has 62 valence electrons. The maximum Gasteiger partial charge on any atom is 0.488 e. The zero-order valence-corrected chi connectivity index (χ0v) is 6.25. The molecule has 3 N–H and O–H groups in total. The van der Waals surface area contributed by atoms with Gasteiger partial charge in [-0.05, 0) is 11.0 Å². The molecule has 1 aromatic rings. The van der Waals surface area contributed by atoms with Crippen molar-refractivity contribution in [3.63, 3.8) is 0 Å². The van der Waals surface area contributed by atoms with Crippen molar-refractivity contribution in [3.05, 3.63) is 29.8 Å². The quantitative estimate of drug-likeness (QED) is 0.232. The fourth-order valence-electron chi connectivity index (χ4n) is 0.867. The number of rotatable bonds is 2. The standard InChI is InChI=1S/C7H8BNO3/c10-8(11)7-3-1-2-6(4-7)5-9-12/h1-5,10-12H/b9-5+. The van der Waals surface area contributed by atoms with Gasteiger partial charge < -0.3 is 15.3 Å². The molecule has 0 saturated carbocycles. The van der Waals surface area contributed by atoms with Crippen LogP contribution >= 0.6 is 0 Å². The molecule has 0 aliphatic heterocycles. The Morgan fingerprint density at radius 1 is 1.33 bits per heavy atom. The molecule has 1 aromatic carbocycles. The van der Waals surface area contributed by atoms with Gasteiger partial charge in [-0.3, -0.25) is 0 Å². The number of hydrogen-bond donors (Lipinski definition) is 3. The van der Waals surface area contributed by atoms with Gasteiger partial charge in [0.2, 0.25) is 0 Å². The van der Waals surface area contributed by atoms with E-state index in [0.29, 0.717) is 11.0 Å². The molecule has 1 rings (SSSR count). The summed E-state index contributed by atoms with van der Waals surface area (Å²) < 4.78 is 0. The molecule has 0 atom stereocenters. The summed E-state index contributed by atoms with van der Waals surface area (Å²) in [6, 6.07) is 6.42. The molecule has 0 spiro atoms. The van der Waals surface area contributed by atoms with Gasteiger partial charge >= 0.3 is 7.12 Å². The van der Waals surface area contributed by atoms with Crippen LogP contribution in [-0.2, 0) is 0 Å². The van der Waals surface area contributed by atoms with Gasteiger partial charge in [0.05, 0.1) is 6.21 Å². The van der Waals surface area contributed by atoms with Crippen LogP contribution in [0.25, 0.3) is 0 Å². The Hall–Kier alpha value is -1.33. The van der Waals surface area contributed by atoms with E-state index >= 15 is 0 Å². The molecular weight excluding hydrogens is 157 g/mol. The summed E-state index contributed by atoms with van der Waals surface area (Å²) in [5.74, 6) is 0. The lowest BCUT2D eigenvalue weighted by molar-refractivity contribution is 0.322. The van der Waals surface area contributed by atoms with E-state index in [4.69, 9.17) is 15.3 Å². The van der Waals surface area contributed by atoms with E-state index in [2.05, 4.69) is 5.16 Å². The van der Waals surface area contributed by atoms with Crippen molar-refractivity contribution >= 4 is 18.8 Å². The minimum atomic E-state index is -1.49. The summed E-state index contributed by atoms with van der Waals surface area (Å²) in [5, 5.41) is 28.5. The Morgan fingerprint density at radius 2 is 2.08 bits per heavy atom. The smallest absolute Gasteiger partial charge is 0.423 e. The fourth-order valence-corrected chi connectivity index (χ4v) is 0.867. The third kappa shape index (κ3) is 2.08. The molecule has 4 nitrogen and oxygen atoms in total. The highest BCUT2D eigenvalue weighted by atomic mass is 16.4. The minimum Gasteiger partial charge on any atom is -0.423 e. The maximum absolute atomic E-state index is 8.76. The summed E-state index contributed by atoms with van der Waals surface area (Å²) in [6.07, 6.45) is 1.21. The third-order valence-electron chi connectivity index (χ3n) is 1.42. The Kier molecular flexibility index (Phi) is 2.84. The van der Waals surface area contributed by atoms with E-state index in [9.17, 15) is 0 Å². The number of benzene rings is 1. The van der Waals surface area contributed by atoms with E-state index in [-0.39, 0.29) is 0 Å². The van der Waals surface area contributed by atoms with Crippen LogP contribution in [0, 0.1) is 0 Å². The highest BCUT2D eigenvalue weighted by molar-refractivity contribution is 6.58. The van der Waals surface area contributed by atoms with Crippen LogP contribution in [0.1, 0.15) is 5.56 Å². The van der Waals surface area contributed by atoms with E-state index < -0.39 is 7.12 Å². The molecule has 0 bridgehead atoms. The SMILES string of the molecule is O/N=C/c1cccc(B(O)O)c1. The van der Waals surface area contributed by atoms with Crippen LogP contribution in [-0.4, -0.2) is 28.6 Å². The molecule has 0 aliphatic carbocycles. The van der Waals surface area contributed by atoms with E-state index in [0.717, 1.165) is 0 Å². The lowest BCUT2D eigenvalue weighted by Gasteiger charge is -1.98. The first kappa shape index (κ1) is 8.77. The van der Waals surface area contributed by atoms with Crippen LogP contribution in [0.5, 0.6) is 0 Å². The Morgan fingerprint density at radius 3 is 2.67 bits per heavy atom. The van der Waals surface area contributed by atoms with Gasteiger partial charge in [-0.15, -0.1) is 0 Å². The topological polar surface area (TPSA) is 73.1 Å². The monoisotopic (exact) mass is 165 g/mol. The lowest BCUT2D eigenvalue weighted by Crippen LogP contribution is -2.29. The summed E-state index contributed by atoms with van der Waals surface area (Å²) >= 11 is 0. The molecule has 0 heterocycles. The van der Waals surface area contributed by atoms with E-state index in [1.54, 1.807) is 18.2 Å². The lowest BCUT2D eigenvalue weighted by atomic mass is 9.80. The van der Waals surface area contributed by atoms with Crippen LogP contribution in [0.4, 0.5) is 0 Å². The predicted octanol–water partition coefficient (Wildman–Crippen LogP) is -0.826. The summed E-state index contributed by atoms with van der Waals surface area (Å²) in [5.41, 5.74) is 0.982. The fraction of sp³-hybridized carbons (Fsp3) is 0. The highest BCUT2D eigenvalue weighted by Crippen LogP contribution is 1.92. The van der Waals surface area contributed by atoms with Crippen LogP contribution in [0.3, 0.4) is 0 Å². The molecule has 0 radical (unpaired) electrons. The van der Waals surface area contributed by atoms with Crippen molar-refractivity contribution in [2.24, 2.45) is 5.16 Å². The average Bonchev–Trinajstić information content (AvgIpc) is 2.05. The first-order chi connectivity index (χ1) is 5.74. The van der Waals surface area contributed by atoms with Crippen molar-refractivity contribution in [3.8, 4) is 0 Å². The van der Waals surface area contributed by atoms with E-state index in [1.807, 2.05) is 0 Å². The first-order valence-electron chi connectivity index (χ1n) is 3.37. The molecule has 0 saturated heterocycles. The van der Waals surface area contributed by atoms with Gasteiger partial charge in [0.1, 0.15) is 0 Å². The molecule has 0 aromatic heterocycles. The van der Waals surface area contributed by atoms with Crippen LogP contribution in [0.15, 0.2) is 29.4 Å². The second-order valence-corrected chi connectivity index (χ2v) is 2.29. The Labute approximate surface area is 69.9 Å². The largest absolute Gasteiger partial charge is 0.488 e. The normalized spacial score (nSPS) is 10.5. The van der Waals surface area contributed by atoms with Crippen molar-refractivity contribution < 1.29 is 15.3 Å². The van der Waals surface area contributed by atoms with Crippen molar-refractivity contribution in [2.75, 3.05) is 0 Å². The first-order valence-corrected chi connectivity index (χ1v) is 3.37. The number of hydrogen-bond acceptors (Lipinski definition) is 4. The molecule has 0 fully saturated rings. The average molecular weight is 165 g/mol. The van der Waals surface area contributed by atoms with Crippen molar-refractivity contribution in [2.45, 2.75) is 0 Å². The van der Waals surface area contributed by atoms with Gasteiger partial charge in [0.15, 0.2) is 0 Å². The maximum atomic E-state index is 8.76. The van der Waals surface area contributed by atoms with Gasteiger partial charge in [-0.1, -0.05) is 29.4 Å². The van der Waals surface area contributed by atoms with Gasteiger partial charge in [0, 0.05) is 0 Å². The van der Waals surface area contributed by atoms with Gasteiger partial charge in [0.25, 0.3) is 0 Å². The zero-order chi connectivity index (χ0) is 8.97. The zero-order valence-electron chi connectivity index (χ0n) is 6.25. The third-order valence-corrected chi connectivity index (χ3v) is 1.42. The number of nitrogens with zero attached hydrogens (tertiary/aromatic N) is 1. The van der Waals surface area contributed by atoms with Gasteiger partial charge in [-0.25, -0.2) is 0 Å². The summed E-state index contributed by atoms with van der Waals surface area (Å²) in [7, 11) is -1.49. The summed E-state index contributed by atoms with van der Waals surface area (Å²) in [6.45, 7) is 0. The van der Waals surface area contributed by atoms with E-state index in [1.165, 1.54) is 12.3 Å². The summed E-state index contributed by atoms with van der Waals surface area (Å²) in [4.78, 5) is 0. The Balaban J connectivity index is 2.95. The second kappa shape index (κ2) is 3.89. The van der Waals surface area contributed by atoms with Crippen LogP contribution < -0.4 is 5.46 Å². The second-order valence-electron chi connectivity index (χ2n) is 2.29. The molecule has 0 amide bonds. The van der Waals surface area contributed by atoms with Crippen molar-refractivity contribution in [1.29, 1.82) is 0 Å². The molecular formula is C7H8BNO3. The molecule has 0 unspecified atom stereocenters. The minimum absolute atomic E-state index is 0.368. The van der Waals surface area contributed by atoms with Crippen LogP contribution in [0.2, 0.25) is 0 Å². The number of oxime groups is 1.